The van der Waals surface area contributed by atoms with Crippen LogP contribution in [0.1, 0.15) is 61.9 Å². The van der Waals surface area contributed by atoms with Crippen molar-refractivity contribution in [3.63, 3.8) is 0 Å². The molecule has 2 heterocycles. The zero-order valence-corrected chi connectivity index (χ0v) is 21.3. The Morgan fingerprint density at radius 2 is 1.03 bits per heavy atom. The van der Waals surface area contributed by atoms with Crippen LogP contribution in [0.3, 0.4) is 0 Å². The predicted octanol–water partition coefficient (Wildman–Crippen LogP) is 2.44. The van der Waals surface area contributed by atoms with Crippen molar-refractivity contribution >= 4 is 11.6 Å². The normalized spacial score (nSPS) is 36.0. The molecule has 0 spiro atoms. The van der Waals surface area contributed by atoms with E-state index in [1.807, 2.05) is 36.4 Å². The van der Waals surface area contributed by atoms with Crippen LogP contribution in [0.4, 0.5) is 0 Å². The molecule has 0 bridgehead atoms. The number of hydrogen-bond donors (Lipinski definition) is 4. The lowest BCUT2D eigenvalue weighted by molar-refractivity contribution is -0.132. The number of hydrogen-bond acceptors (Lipinski definition) is 8. The summed E-state index contributed by atoms with van der Waals surface area (Å²) in [5.41, 5.74) is -1.40. The molecule has 0 unspecified atom stereocenters. The van der Waals surface area contributed by atoms with Crippen LogP contribution in [0.25, 0.3) is 0 Å². The summed E-state index contributed by atoms with van der Waals surface area (Å²) in [4.78, 5) is 23.2. The fraction of sp³-hybridized carbons (Fsp3) is 0.533. The van der Waals surface area contributed by atoms with Gasteiger partial charge in [0.15, 0.2) is 0 Å². The highest BCUT2D eigenvalue weighted by Crippen LogP contribution is 2.46. The minimum Gasteiger partial charge on any atom is -0.385 e. The fourth-order valence-corrected chi connectivity index (χ4v) is 6.47. The third-order valence-corrected chi connectivity index (χ3v) is 8.73. The summed E-state index contributed by atoms with van der Waals surface area (Å²) < 4.78 is 11.2. The van der Waals surface area contributed by atoms with E-state index in [1.54, 1.807) is 24.3 Å². The smallest absolute Gasteiger partial charge is 0.133 e. The highest BCUT2D eigenvalue weighted by molar-refractivity contribution is 5.80. The lowest BCUT2D eigenvalue weighted by Gasteiger charge is -2.36. The third kappa shape index (κ3) is 5.09. The largest absolute Gasteiger partial charge is 0.385 e. The molecule has 2 aromatic rings. The van der Waals surface area contributed by atoms with Crippen LogP contribution in [0.15, 0.2) is 60.7 Å². The van der Waals surface area contributed by atoms with Gasteiger partial charge in [0.25, 0.3) is 0 Å². The molecule has 2 saturated carbocycles. The monoisotopic (exact) mass is 524 g/mol. The minimum absolute atomic E-state index is 0.0890. The molecule has 0 radical (unpaired) electrons. The summed E-state index contributed by atoms with van der Waals surface area (Å²) in [5, 5.41) is 42.5. The van der Waals surface area contributed by atoms with E-state index in [2.05, 4.69) is 0 Å². The second-order valence-corrected chi connectivity index (χ2v) is 11.1. The molecule has 204 valence electrons. The van der Waals surface area contributed by atoms with Gasteiger partial charge in [0.1, 0.15) is 35.0 Å². The first-order valence-corrected chi connectivity index (χ1v) is 13.4. The molecule has 0 amide bonds. The van der Waals surface area contributed by atoms with Crippen molar-refractivity contribution in [1.29, 1.82) is 0 Å². The summed E-state index contributed by atoms with van der Waals surface area (Å²) in [7, 11) is 0. The van der Waals surface area contributed by atoms with Gasteiger partial charge in [0.2, 0.25) is 0 Å². The van der Waals surface area contributed by atoms with Gasteiger partial charge in [-0.25, -0.2) is 0 Å². The maximum Gasteiger partial charge on any atom is 0.133 e. The number of carbonyl (C=O) groups excluding carboxylic acids is 2. The molecule has 4 N–H and O–H groups in total. The van der Waals surface area contributed by atoms with E-state index >= 15 is 0 Å². The van der Waals surface area contributed by atoms with E-state index < -0.39 is 23.4 Å². The van der Waals surface area contributed by atoms with Crippen molar-refractivity contribution in [2.75, 3.05) is 13.2 Å². The Morgan fingerprint density at radius 1 is 0.658 bits per heavy atom. The second kappa shape index (κ2) is 11.0. The molecule has 8 heteroatoms. The quantitative estimate of drug-likeness (QED) is 0.479. The van der Waals surface area contributed by atoms with E-state index in [1.165, 1.54) is 0 Å². The van der Waals surface area contributed by atoms with E-state index in [-0.39, 0.29) is 48.8 Å². The zero-order valence-electron chi connectivity index (χ0n) is 21.3. The van der Waals surface area contributed by atoms with Crippen LogP contribution in [0, 0.1) is 11.8 Å². The number of rotatable bonds is 4. The zero-order chi connectivity index (χ0) is 26.9. The van der Waals surface area contributed by atoms with Crippen LogP contribution in [-0.2, 0) is 19.1 Å². The summed E-state index contributed by atoms with van der Waals surface area (Å²) >= 11 is 0. The summed E-state index contributed by atoms with van der Waals surface area (Å²) in [6.45, 7) is 0.178. The molecule has 8 nitrogen and oxygen atoms in total. The van der Waals surface area contributed by atoms with Crippen molar-refractivity contribution < 1.29 is 39.5 Å². The van der Waals surface area contributed by atoms with Crippen molar-refractivity contribution in [2.45, 2.75) is 74.1 Å². The van der Waals surface area contributed by atoms with E-state index in [0.29, 0.717) is 49.7 Å². The Morgan fingerprint density at radius 3 is 1.39 bits per heavy atom. The number of fused-ring (bicyclic) bond motifs is 2. The Bertz CT molecular complexity index is 1030. The van der Waals surface area contributed by atoms with E-state index in [0.717, 1.165) is 0 Å². The van der Waals surface area contributed by atoms with Crippen molar-refractivity contribution in [1.82, 2.24) is 0 Å². The second-order valence-electron chi connectivity index (χ2n) is 11.1. The van der Waals surface area contributed by atoms with Gasteiger partial charge in [-0.1, -0.05) is 60.7 Å². The maximum absolute atomic E-state index is 11.6. The number of aliphatic hydroxyl groups is 4. The first kappa shape index (κ1) is 27.1. The van der Waals surface area contributed by atoms with Crippen LogP contribution in [0.5, 0.6) is 0 Å². The fourth-order valence-electron chi connectivity index (χ4n) is 6.47. The maximum atomic E-state index is 11.6. The Labute approximate surface area is 222 Å². The Balaban J connectivity index is 0.000000155. The van der Waals surface area contributed by atoms with Crippen LogP contribution < -0.4 is 0 Å². The highest BCUT2D eigenvalue weighted by atomic mass is 16.5. The van der Waals surface area contributed by atoms with Crippen molar-refractivity contribution in [3.05, 3.63) is 71.8 Å². The van der Waals surface area contributed by atoms with Crippen LogP contribution in [-0.4, -0.2) is 68.6 Å². The van der Waals surface area contributed by atoms with Crippen LogP contribution >= 0.6 is 0 Å². The molecule has 38 heavy (non-hydrogen) atoms. The minimum atomic E-state index is -1.36. The molecular formula is C30H36O8. The lowest BCUT2D eigenvalue weighted by atomic mass is 9.73. The predicted molar refractivity (Wildman–Crippen MR) is 137 cm³/mol. The van der Waals surface area contributed by atoms with Gasteiger partial charge >= 0.3 is 0 Å². The molecule has 2 aromatic carbocycles. The van der Waals surface area contributed by atoms with Gasteiger partial charge in [-0.2, -0.15) is 0 Å². The Hall–Kier alpha value is -2.46. The van der Waals surface area contributed by atoms with E-state index in [9.17, 15) is 30.0 Å². The van der Waals surface area contributed by atoms with Crippen molar-refractivity contribution in [2.24, 2.45) is 11.8 Å². The lowest BCUT2D eigenvalue weighted by Crippen LogP contribution is -2.47. The Kier molecular flexibility index (Phi) is 7.82. The third-order valence-electron chi connectivity index (χ3n) is 8.73. The molecule has 2 aliphatic carbocycles. The van der Waals surface area contributed by atoms with Crippen LogP contribution in [0.2, 0.25) is 0 Å². The number of ether oxygens (including phenoxy) is 2. The summed E-state index contributed by atoms with van der Waals surface area (Å²) in [5.74, 6) is -0.316. The first-order chi connectivity index (χ1) is 18.2. The molecular weight excluding hydrogens is 488 g/mol. The average Bonchev–Trinajstić information content (AvgIpc) is 3.47. The standard InChI is InChI=1S/2C15H18O4/c2*16-11-6-7-13-12(8-11)15(18,9-19-13)14(17)10-4-2-1-3-5-10/h2*1-5,12-14,17-18H,6-9H2/t2*12-,13+,14-,15-/m00/s1. The molecule has 2 saturated heterocycles. The van der Waals surface area contributed by atoms with Gasteiger partial charge < -0.3 is 29.9 Å². The van der Waals surface area contributed by atoms with Gasteiger partial charge in [0.05, 0.1) is 25.4 Å². The molecule has 4 aliphatic rings. The summed E-state index contributed by atoms with van der Waals surface area (Å²) in [6.07, 6.45) is 0.653. The molecule has 0 aromatic heterocycles. The molecule has 6 rings (SSSR count). The molecule has 8 atom stereocenters. The van der Waals surface area contributed by atoms with E-state index in [4.69, 9.17) is 9.47 Å². The SMILES string of the molecule is O=C1CC[C@H]2OC[C@@](O)([C@@H](O)c3ccccc3)[C@H]2C1.O=C1CC[C@H]2OC[C@@](O)([C@@H](O)c3ccccc3)[C@H]2C1. The topological polar surface area (TPSA) is 134 Å². The highest BCUT2D eigenvalue weighted by Gasteiger charge is 2.56. The number of carbonyl (C=O) groups is 2. The van der Waals surface area contributed by atoms with Gasteiger partial charge in [-0.3, -0.25) is 9.59 Å². The average molecular weight is 525 g/mol. The van der Waals surface area contributed by atoms with Gasteiger partial charge in [-0.05, 0) is 24.0 Å². The number of ketones is 2. The summed E-state index contributed by atoms with van der Waals surface area (Å²) in [6, 6.07) is 18.1. The van der Waals surface area contributed by atoms with Gasteiger partial charge in [0, 0.05) is 37.5 Å². The molecule has 2 aliphatic heterocycles. The van der Waals surface area contributed by atoms with Gasteiger partial charge in [-0.15, -0.1) is 0 Å². The first-order valence-electron chi connectivity index (χ1n) is 13.4. The van der Waals surface area contributed by atoms with Crippen molar-refractivity contribution in [3.8, 4) is 0 Å². The number of benzene rings is 2. The number of Topliss-reactive ketones (excluding diaryl/α,β-unsaturated/α-hetero) is 2. The molecule has 4 fully saturated rings. The number of aliphatic hydroxyl groups excluding tert-OH is 2.